The van der Waals surface area contributed by atoms with Crippen LogP contribution in [-0.2, 0) is 20.8 Å². The maximum absolute atomic E-state index is 12.2. The van der Waals surface area contributed by atoms with E-state index in [2.05, 4.69) is 15.5 Å². The fraction of sp³-hybridized carbons (Fsp3) is 0.615. The summed E-state index contributed by atoms with van der Waals surface area (Å²) >= 11 is 1.34. The first kappa shape index (κ1) is 19.2. The molecule has 0 saturated carbocycles. The fourth-order valence-electron chi connectivity index (χ4n) is 2.91. The first-order chi connectivity index (χ1) is 10.7. The summed E-state index contributed by atoms with van der Waals surface area (Å²) in [5.74, 6) is -1.54. The number of rotatable bonds is 4. The molecule has 1 N–H and O–H groups in total. The molecule has 1 aromatic heterocycles. The molecular weight excluding hydrogens is 347 g/mol. The Morgan fingerprint density at radius 3 is 2.67 bits per heavy atom. The molecule has 1 aromatic rings. The smallest absolute Gasteiger partial charge is 0.548 e. The number of aryl methyl sites for hydroxylation is 1. The van der Waals surface area contributed by atoms with Crippen LogP contribution in [0.1, 0.15) is 25.6 Å². The SMILES string of the molecule is Cc1nc(CC(=O)NC2C(=O)N3[C@@H]2SC(C)(C)[C@@H]3C(=O)[O-])no1.[Na+]. The summed E-state index contributed by atoms with van der Waals surface area (Å²) < 4.78 is 4.10. The molecule has 124 valence electrons. The molecule has 9 nitrogen and oxygen atoms in total. The summed E-state index contributed by atoms with van der Waals surface area (Å²) in [5, 5.41) is 17.1. The van der Waals surface area contributed by atoms with E-state index in [0.717, 1.165) is 0 Å². The number of carboxylic acid groups (broad SMARTS) is 1. The van der Waals surface area contributed by atoms with Gasteiger partial charge in [-0.2, -0.15) is 4.98 Å². The summed E-state index contributed by atoms with van der Waals surface area (Å²) in [6.07, 6.45) is -0.105. The molecule has 0 aromatic carbocycles. The number of thioether (sulfide) groups is 1. The number of aliphatic carboxylic acids is 1. The fourth-order valence-corrected chi connectivity index (χ4v) is 4.53. The Balaban J connectivity index is 0.00000208. The third kappa shape index (κ3) is 3.19. The molecule has 3 atom stereocenters. The number of nitrogens with zero attached hydrogens (tertiary/aromatic N) is 3. The topological polar surface area (TPSA) is 128 Å². The first-order valence-corrected chi connectivity index (χ1v) is 7.88. The van der Waals surface area contributed by atoms with Crippen LogP contribution < -0.4 is 40.0 Å². The molecule has 0 bridgehead atoms. The van der Waals surface area contributed by atoms with Crippen molar-refractivity contribution in [2.24, 2.45) is 0 Å². The van der Waals surface area contributed by atoms with Gasteiger partial charge in [-0.15, -0.1) is 11.8 Å². The second-order valence-electron chi connectivity index (χ2n) is 6.03. The molecule has 0 radical (unpaired) electrons. The minimum absolute atomic E-state index is 0. The Hall–Kier alpha value is -1.10. The van der Waals surface area contributed by atoms with Crippen LogP contribution in [0.4, 0.5) is 0 Å². The summed E-state index contributed by atoms with van der Waals surface area (Å²) in [6.45, 7) is 5.09. The Morgan fingerprint density at radius 2 is 2.12 bits per heavy atom. The number of β-lactam (4-membered cyclic amide) rings is 1. The van der Waals surface area contributed by atoms with Gasteiger partial charge >= 0.3 is 29.6 Å². The normalized spacial score (nSPS) is 27.0. The van der Waals surface area contributed by atoms with Gasteiger partial charge in [0.1, 0.15) is 11.4 Å². The van der Waals surface area contributed by atoms with Crippen LogP contribution in [0.2, 0.25) is 0 Å². The van der Waals surface area contributed by atoms with Gasteiger partial charge in [0.2, 0.25) is 17.7 Å². The van der Waals surface area contributed by atoms with Crippen molar-refractivity contribution in [3.8, 4) is 0 Å². The van der Waals surface area contributed by atoms with Crippen molar-refractivity contribution in [3.05, 3.63) is 11.7 Å². The summed E-state index contributed by atoms with van der Waals surface area (Å²) in [4.78, 5) is 40.7. The van der Waals surface area contributed by atoms with Gasteiger partial charge in [-0.1, -0.05) is 5.16 Å². The van der Waals surface area contributed by atoms with E-state index in [0.29, 0.717) is 5.89 Å². The average Bonchev–Trinajstić information content (AvgIpc) is 2.95. The van der Waals surface area contributed by atoms with Crippen molar-refractivity contribution in [2.75, 3.05) is 0 Å². The van der Waals surface area contributed by atoms with Crippen LogP contribution >= 0.6 is 11.8 Å². The van der Waals surface area contributed by atoms with E-state index in [-0.39, 0.29) is 41.8 Å². The van der Waals surface area contributed by atoms with Crippen molar-refractivity contribution in [3.63, 3.8) is 0 Å². The van der Waals surface area contributed by atoms with Crippen molar-refractivity contribution in [1.29, 1.82) is 0 Å². The Morgan fingerprint density at radius 1 is 1.46 bits per heavy atom. The van der Waals surface area contributed by atoms with Crippen molar-refractivity contribution < 1.29 is 53.6 Å². The Kier molecular flexibility index (Phi) is 5.34. The van der Waals surface area contributed by atoms with Crippen molar-refractivity contribution >= 4 is 29.5 Å². The molecule has 3 heterocycles. The van der Waals surface area contributed by atoms with Crippen LogP contribution in [0.3, 0.4) is 0 Å². The third-order valence-electron chi connectivity index (χ3n) is 3.87. The number of carbonyl (C=O) groups is 3. The monoisotopic (exact) mass is 362 g/mol. The number of carbonyl (C=O) groups excluding carboxylic acids is 3. The van der Waals surface area contributed by atoms with E-state index in [1.807, 2.05) is 0 Å². The van der Waals surface area contributed by atoms with Gasteiger partial charge < -0.3 is 24.6 Å². The van der Waals surface area contributed by atoms with Crippen LogP contribution in [0.25, 0.3) is 0 Å². The second kappa shape index (κ2) is 6.66. The predicted molar refractivity (Wildman–Crippen MR) is 75.8 cm³/mol. The van der Waals surface area contributed by atoms with Crippen LogP contribution in [0.5, 0.6) is 0 Å². The zero-order valence-electron chi connectivity index (χ0n) is 13.7. The van der Waals surface area contributed by atoms with E-state index < -0.39 is 40.0 Å². The number of hydrogen-bond acceptors (Lipinski definition) is 8. The third-order valence-corrected chi connectivity index (χ3v) is 5.44. The van der Waals surface area contributed by atoms with Crippen LogP contribution in [0.15, 0.2) is 4.52 Å². The van der Waals surface area contributed by atoms with Gasteiger partial charge in [-0.25, -0.2) is 0 Å². The maximum Gasteiger partial charge on any atom is 1.00 e. The van der Waals surface area contributed by atoms with Crippen molar-refractivity contribution in [1.82, 2.24) is 20.4 Å². The van der Waals surface area contributed by atoms with E-state index in [1.54, 1.807) is 20.8 Å². The molecule has 2 aliphatic rings. The summed E-state index contributed by atoms with van der Waals surface area (Å²) in [7, 11) is 0. The first-order valence-electron chi connectivity index (χ1n) is 7.00. The van der Waals surface area contributed by atoms with Crippen LogP contribution in [-0.4, -0.2) is 55.0 Å². The van der Waals surface area contributed by atoms with Gasteiger partial charge in [0.25, 0.3) is 0 Å². The minimum Gasteiger partial charge on any atom is -0.548 e. The molecule has 2 amide bonds. The largest absolute Gasteiger partial charge is 1.00 e. The second-order valence-corrected chi connectivity index (χ2v) is 7.80. The maximum atomic E-state index is 12.2. The molecule has 2 fully saturated rings. The minimum atomic E-state index is -1.29. The van der Waals surface area contributed by atoms with Crippen LogP contribution in [0, 0.1) is 6.92 Å². The van der Waals surface area contributed by atoms with Crippen molar-refractivity contribution in [2.45, 2.75) is 49.4 Å². The van der Waals surface area contributed by atoms with Gasteiger partial charge in [0.15, 0.2) is 5.82 Å². The Bertz CT molecular complexity index is 694. The van der Waals surface area contributed by atoms with E-state index >= 15 is 0 Å². The zero-order chi connectivity index (χ0) is 16.9. The molecule has 0 spiro atoms. The van der Waals surface area contributed by atoms with Gasteiger partial charge in [0, 0.05) is 11.7 Å². The molecule has 0 aliphatic carbocycles. The molecule has 3 rings (SSSR count). The number of fused-ring (bicyclic) bond motifs is 1. The average molecular weight is 362 g/mol. The molecule has 11 heteroatoms. The number of carboxylic acids is 1. The van der Waals surface area contributed by atoms with E-state index in [9.17, 15) is 19.5 Å². The molecule has 2 saturated heterocycles. The zero-order valence-corrected chi connectivity index (χ0v) is 16.5. The molecule has 1 unspecified atom stereocenters. The predicted octanol–water partition coefficient (Wildman–Crippen LogP) is -4.78. The van der Waals surface area contributed by atoms with Gasteiger partial charge in [0.05, 0.1) is 18.4 Å². The summed E-state index contributed by atoms with van der Waals surface area (Å²) in [6, 6.07) is -1.75. The van der Waals surface area contributed by atoms with E-state index in [1.165, 1.54) is 16.7 Å². The number of hydrogen-bond donors (Lipinski definition) is 1. The summed E-state index contributed by atoms with van der Waals surface area (Å²) in [5.41, 5.74) is 0. The van der Waals surface area contributed by atoms with E-state index in [4.69, 9.17) is 4.52 Å². The molecule has 2 aliphatic heterocycles. The van der Waals surface area contributed by atoms with Gasteiger partial charge in [-0.05, 0) is 13.8 Å². The number of amides is 2. The van der Waals surface area contributed by atoms with Gasteiger partial charge in [-0.3, -0.25) is 9.59 Å². The number of aromatic nitrogens is 2. The molecule has 24 heavy (non-hydrogen) atoms. The quantitative estimate of drug-likeness (QED) is 0.418. The standard InChI is InChI=1S/C13H16N4O5S.Na/c1-5-14-6(16-22-5)4-7(18)15-8-10(19)17-9(12(20)21)13(2,3)23-11(8)17;/h8-9,11H,4H2,1-3H3,(H,15,18)(H,20,21);/q;+1/p-1/t8?,9-,11+;/m0./s1. The molecular formula is C13H15N4NaO5S. The number of nitrogens with one attached hydrogen (secondary N) is 1. The Labute approximate surface area is 164 Å².